The summed E-state index contributed by atoms with van der Waals surface area (Å²) < 4.78 is 24.0. The monoisotopic (exact) mass is 244 g/mol. The molecule has 0 N–H and O–H groups in total. The summed E-state index contributed by atoms with van der Waals surface area (Å²) in [4.78, 5) is 12.9. The van der Waals surface area contributed by atoms with Gasteiger partial charge in [0.05, 0.1) is 19.8 Å². The molecule has 0 aromatic carbocycles. The normalized spacial score (nSPS) is 25.9. The van der Waals surface area contributed by atoms with Crippen LogP contribution < -0.4 is 0 Å². The molecule has 96 valence electrons. The van der Waals surface area contributed by atoms with E-state index in [0.717, 1.165) is 0 Å². The minimum atomic E-state index is -2.16. The summed E-state index contributed by atoms with van der Waals surface area (Å²) in [5.41, 5.74) is -2.80. The van der Waals surface area contributed by atoms with Crippen LogP contribution in [0.3, 0.4) is 0 Å². The average molecular weight is 244 g/mol. The number of alkyl halides is 1. The molecule has 1 aliphatic heterocycles. The predicted molar refractivity (Wildman–Crippen MR) is 58.1 cm³/mol. The lowest BCUT2D eigenvalue weighted by molar-refractivity contribution is 0.0195. The van der Waals surface area contributed by atoms with E-state index in [1.54, 1.807) is 20.8 Å². The first-order chi connectivity index (χ1) is 7.76. The first-order valence-corrected chi connectivity index (χ1v) is 5.42. The molecule has 0 aromatic heterocycles. The second-order valence-electron chi connectivity index (χ2n) is 5.03. The SMILES string of the molecule is CC(C)(C)OC(=O)N1CCOCC(F)(C#N)C1. The van der Waals surface area contributed by atoms with E-state index in [9.17, 15) is 9.18 Å². The summed E-state index contributed by atoms with van der Waals surface area (Å²) in [7, 11) is 0. The molecule has 1 unspecified atom stereocenters. The molecular formula is C11H17FN2O3. The van der Waals surface area contributed by atoms with Gasteiger partial charge in [0.1, 0.15) is 11.7 Å². The predicted octanol–water partition coefficient (Wildman–Crippen LogP) is 1.49. The van der Waals surface area contributed by atoms with Crippen LogP contribution >= 0.6 is 0 Å². The molecule has 1 rings (SSSR count). The molecule has 1 fully saturated rings. The van der Waals surface area contributed by atoms with Gasteiger partial charge in [-0.25, -0.2) is 9.18 Å². The zero-order chi connectivity index (χ0) is 13.1. The van der Waals surface area contributed by atoms with Gasteiger partial charge < -0.3 is 14.4 Å². The van der Waals surface area contributed by atoms with E-state index < -0.39 is 17.4 Å². The molecule has 1 aliphatic rings. The number of amides is 1. The van der Waals surface area contributed by atoms with Crippen LogP contribution in [0.2, 0.25) is 0 Å². The summed E-state index contributed by atoms with van der Waals surface area (Å²) >= 11 is 0. The molecule has 1 saturated heterocycles. The summed E-state index contributed by atoms with van der Waals surface area (Å²) in [6.07, 6.45) is -0.625. The third-order valence-corrected chi connectivity index (χ3v) is 2.13. The highest BCUT2D eigenvalue weighted by Crippen LogP contribution is 2.18. The summed E-state index contributed by atoms with van der Waals surface area (Å²) in [5, 5.41) is 8.72. The highest BCUT2D eigenvalue weighted by atomic mass is 19.1. The number of hydrogen-bond acceptors (Lipinski definition) is 4. The standard InChI is InChI=1S/C11H17FN2O3/c1-10(2,3)17-9(15)14-4-5-16-8-11(12,6-13)7-14/h4-5,7-8H2,1-3H3. The van der Waals surface area contributed by atoms with Crippen molar-refractivity contribution in [3.8, 4) is 6.07 Å². The molecule has 1 amide bonds. The van der Waals surface area contributed by atoms with Gasteiger partial charge in [0, 0.05) is 6.54 Å². The molecule has 5 nitrogen and oxygen atoms in total. The molecule has 6 heteroatoms. The van der Waals surface area contributed by atoms with Crippen LogP contribution in [0.15, 0.2) is 0 Å². The fraction of sp³-hybridized carbons (Fsp3) is 0.818. The quantitative estimate of drug-likeness (QED) is 0.647. The van der Waals surface area contributed by atoms with Crippen molar-refractivity contribution in [3.05, 3.63) is 0 Å². The van der Waals surface area contributed by atoms with Gasteiger partial charge in [-0.05, 0) is 20.8 Å². The minimum absolute atomic E-state index is 0.201. The average Bonchev–Trinajstić information content (AvgIpc) is 2.39. The molecule has 0 saturated carbocycles. The Balaban J connectivity index is 2.70. The Morgan fingerprint density at radius 2 is 2.24 bits per heavy atom. The van der Waals surface area contributed by atoms with Crippen molar-refractivity contribution in [2.45, 2.75) is 32.0 Å². The summed E-state index contributed by atoms with van der Waals surface area (Å²) in [6, 6.07) is 1.53. The van der Waals surface area contributed by atoms with E-state index in [0.29, 0.717) is 0 Å². The van der Waals surface area contributed by atoms with E-state index in [4.69, 9.17) is 14.7 Å². The van der Waals surface area contributed by atoms with Crippen LogP contribution in [0.25, 0.3) is 0 Å². The summed E-state index contributed by atoms with van der Waals surface area (Å²) in [6.45, 7) is 4.97. The van der Waals surface area contributed by atoms with E-state index >= 15 is 0 Å². The highest BCUT2D eigenvalue weighted by Gasteiger charge is 2.38. The van der Waals surface area contributed by atoms with E-state index in [2.05, 4.69) is 0 Å². The fourth-order valence-corrected chi connectivity index (χ4v) is 1.39. The highest BCUT2D eigenvalue weighted by molar-refractivity contribution is 5.68. The van der Waals surface area contributed by atoms with Gasteiger partial charge in [-0.3, -0.25) is 0 Å². The number of ether oxygens (including phenoxy) is 2. The van der Waals surface area contributed by atoms with Crippen LogP contribution in [0, 0.1) is 11.3 Å². The van der Waals surface area contributed by atoms with Crippen molar-refractivity contribution in [2.24, 2.45) is 0 Å². The third-order valence-electron chi connectivity index (χ3n) is 2.13. The van der Waals surface area contributed by atoms with Crippen molar-refractivity contribution < 1.29 is 18.7 Å². The van der Waals surface area contributed by atoms with Gasteiger partial charge in [-0.2, -0.15) is 5.26 Å². The maximum atomic E-state index is 13.9. The van der Waals surface area contributed by atoms with Crippen molar-refractivity contribution in [2.75, 3.05) is 26.3 Å². The van der Waals surface area contributed by atoms with E-state index in [1.807, 2.05) is 0 Å². The number of rotatable bonds is 0. The Kier molecular flexibility index (Phi) is 3.94. The second kappa shape index (κ2) is 4.88. The van der Waals surface area contributed by atoms with Crippen LogP contribution in [0.5, 0.6) is 0 Å². The lowest BCUT2D eigenvalue weighted by Gasteiger charge is -2.27. The smallest absolute Gasteiger partial charge is 0.410 e. The Labute approximate surface area is 100 Å². The maximum absolute atomic E-state index is 13.9. The Morgan fingerprint density at radius 3 is 2.76 bits per heavy atom. The summed E-state index contributed by atoms with van der Waals surface area (Å²) in [5.74, 6) is 0. The number of carbonyl (C=O) groups excluding carboxylic acids is 1. The van der Waals surface area contributed by atoms with E-state index in [1.165, 1.54) is 11.0 Å². The largest absolute Gasteiger partial charge is 0.444 e. The zero-order valence-electron chi connectivity index (χ0n) is 10.3. The van der Waals surface area contributed by atoms with Crippen molar-refractivity contribution in [1.82, 2.24) is 4.90 Å². The van der Waals surface area contributed by atoms with Crippen molar-refractivity contribution in [3.63, 3.8) is 0 Å². The fourth-order valence-electron chi connectivity index (χ4n) is 1.39. The Hall–Kier alpha value is -1.35. The third kappa shape index (κ3) is 4.19. The number of hydrogen-bond donors (Lipinski definition) is 0. The number of halogens is 1. The topological polar surface area (TPSA) is 62.6 Å². The first kappa shape index (κ1) is 13.7. The molecule has 0 radical (unpaired) electrons. The molecule has 17 heavy (non-hydrogen) atoms. The molecule has 0 aliphatic carbocycles. The molecule has 0 aromatic rings. The molecule has 0 bridgehead atoms. The van der Waals surface area contributed by atoms with Crippen LogP contribution in [-0.2, 0) is 9.47 Å². The first-order valence-electron chi connectivity index (χ1n) is 5.42. The van der Waals surface area contributed by atoms with Crippen molar-refractivity contribution >= 4 is 6.09 Å². The van der Waals surface area contributed by atoms with Crippen LogP contribution in [-0.4, -0.2) is 48.6 Å². The lowest BCUT2D eigenvalue weighted by atomic mass is 10.1. The molecular weight excluding hydrogens is 227 g/mol. The number of carbonyl (C=O) groups is 1. The molecule has 1 atom stereocenters. The second-order valence-corrected chi connectivity index (χ2v) is 5.03. The van der Waals surface area contributed by atoms with Gasteiger partial charge in [0.25, 0.3) is 0 Å². The molecule has 0 spiro atoms. The van der Waals surface area contributed by atoms with Crippen LogP contribution in [0.1, 0.15) is 20.8 Å². The number of nitrogens with zero attached hydrogens (tertiary/aromatic N) is 2. The van der Waals surface area contributed by atoms with Gasteiger partial charge in [0.2, 0.25) is 5.67 Å². The van der Waals surface area contributed by atoms with E-state index in [-0.39, 0.29) is 26.3 Å². The van der Waals surface area contributed by atoms with Crippen molar-refractivity contribution in [1.29, 1.82) is 5.26 Å². The minimum Gasteiger partial charge on any atom is -0.444 e. The van der Waals surface area contributed by atoms with Gasteiger partial charge in [-0.15, -0.1) is 0 Å². The van der Waals surface area contributed by atoms with Gasteiger partial charge in [-0.1, -0.05) is 0 Å². The van der Waals surface area contributed by atoms with Gasteiger partial charge in [0.15, 0.2) is 0 Å². The van der Waals surface area contributed by atoms with Gasteiger partial charge >= 0.3 is 6.09 Å². The zero-order valence-corrected chi connectivity index (χ0v) is 10.3. The van der Waals surface area contributed by atoms with Crippen LogP contribution in [0.4, 0.5) is 9.18 Å². The lowest BCUT2D eigenvalue weighted by Crippen LogP contribution is -2.44. The molecule has 1 heterocycles. The maximum Gasteiger partial charge on any atom is 0.410 e. The number of nitriles is 1. The Bertz CT molecular complexity index is 335. The Morgan fingerprint density at radius 1 is 1.59 bits per heavy atom.